The molecule has 228 valence electrons. The van der Waals surface area contributed by atoms with Crippen LogP contribution in [0.15, 0.2) is 48.5 Å². The van der Waals surface area contributed by atoms with Gasteiger partial charge in [-0.2, -0.15) is 26.3 Å². The van der Waals surface area contributed by atoms with Gasteiger partial charge in [0.15, 0.2) is 0 Å². The molecule has 2 aromatic carbocycles. The first-order valence-corrected chi connectivity index (χ1v) is 16.3. The molecule has 0 unspecified atom stereocenters. The van der Waals surface area contributed by atoms with Crippen LogP contribution >= 0.6 is 32.9 Å². The van der Waals surface area contributed by atoms with Gasteiger partial charge in [-0.1, -0.05) is 45.0 Å². The Bertz CT molecular complexity index is 1320. The van der Waals surface area contributed by atoms with E-state index in [1.54, 1.807) is 32.8 Å². The summed E-state index contributed by atoms with van der Waals surface area (Å²) in [7, 11) is 3.32. The first-order chi connectivity index (χ1) is 19.9. The lowest BCUT2D eigenvalue weighted by Crippen LogP contribution is -2.50. The van der Waals surface area contributed by atoms with E-state index in [-0.39, 0.29) is 5.92 Å². The molecule has 0 spiro atoms. The molecule has 0 bridgehead atoms. The molecule has 0 amide bonds. The van der Waals surface area contributed by atoms with E-state index < -0.39 is 23.5 Å². The Kier molecular flexibility index (Phi) is 9.53. The van der Waals surface area contributed by atoms with Crippen molar-refractivity contribution in [2.45, 2.75) is 25.2 Å². The number of piperazine rings is 2. The van der Waals surface area contributed by atoms with Crippen molar-refractivity contribution in [2.24, 2.45) is 0 Å². The average Bonchev–Trinajstić information content (AvgIpc) is 3.30. The molecule has 2 saturated heterocycles. The van der Waals surface area contributed by atoms with Crippen LogP contribution in [-0.2, 0) is 12.4 Å². The maximum absolute atomic E-state index is 13.2. The molecule has 1 aromatic heterocycles. The lowest BCUT2D eigenvalue weighted by molar-refractivity contribution is -0.138. The van der Waals surface area contributed by atoms with Crippen LogP contribution in [0.25, 0.3) is 0 Å². The number of halogens is 6. The quantitative estimate of drug-likeness (QED) is 0.149. The highest BCUT2D eigenvalue weighted by molar-refractivity contribution is 7.79. The average molecular weight is 647 g/mol. The van der Waals surface area contributed by atoms with Gasteiger partial charge in [0.2, 0.25) is 0 Å². The fraction of sp³-hybridized carbons (Fsp3) is 0.483. The van der Waals surface area contributed by atoms with Gasteiger partial charge in [0.05, 0.1) is 11.1 Å². The van der Waals surface area contributed by atoms with E-state index in [0.717, 1.165) is 60.8 Å². The van der Waals surface area contributed by atoms with Gasteiger partial charge in [0.1, 0.15) is 3.82 Å². The third-order valence-corrected chi connectivity index (χ3v) is 11.6. The highest BCUT2D eigenvalue weighted by atomic mass is 32.9. The topological polar surface area (TPSA) is 13.0 Å². The smallest absolute Gasteiger partial charge is 0.369 e. The zero-order chi connectivity index (χ0) is 30.1. The fourth-order valence-corrected chi connectivity index (χ4v) is 8.78. The van der Waals surface area contributed by atoms with E-state index in [1.807, 2.05) is 9.80 Å². The summed E-state index contributed by atoms with van der Waals surface area (Å²) in [4.78, 5) is 10.0. The largest absolute Gasteiger partial charge is 0.416 e. The highest BCUT2D eigenvalue weighted by Gasteiger charge is 2.33. The lowest BCUT2D eigenvalue weighted by Gasteiger charge is -2.40. The van der Waals surface area contributed by atoms with Gasteiger partial charge < -0.3 is 9.80 Å². The van der Waals surface area contributed by atoms with E-state index in [2.05, 4.69) is 16.7 Å². The fourth-order valence-electron chi connectivity index (χ4n) is 5.66. The van der Waals surface area contributed by atoms with E-state index >= 15 is 0 Å². The lowest BCUT2D eigenvalue weighted by atomic mass is 10.0. The minimum absolute atomic E-state index is 0.211. The molecule has 42 heavy (non-hydrogen) atoms. The van der Waals surface area contributed by atoms with Gasteiger partial charge >= 0.3 is 12.4 Å². The summed E-state index contributed by atoms with van der Waals surface area (Å²) in [6, 6.07) is 11.0. The van der Waals surface area contributed by atoms with Crippen molar-refractivity contribution >= 4 is 44.3 Å². The number of anilines is 2. The number of nitrogens with zero attached hydrogens (tertiary/aromatic N) is 4. The Morgan fingerprint density at radius 1 is 0.690 bits per heavy atom. The SMILES string of the molecule is Cc1c(C(CN2CCN(c3cccc(C(F)(F)F)c3)CC2)CN2CCN(c3cccc(C(F)(F)F)c3)CC2)ssc1=S. The molecule has 13 heteroatoms. The normalized spacial score (nSPS) is 17.8. The molecule has 3 aromatic rings. The zero-order valence-corrected chi connectivity index (χ0v) is 25.5. The van der Waals surface area contributed by atoms with E-state index in [0.29, 0.717) is 37.6 Å². The van der Waals surface area contributed by atoms with Gasteiger partial charge in [0, 0.05) is 87.6 Å². The summed E-state index contributed by atoms with van der Waals surface area (Å²) in [5, 5.41) is 0. The molecule has 0 atom stereocenters. The van der Waals surface area contributed by atoms with Crippen LogP contribution in [0.4, 0.5) is 37.7 Å². The summed E-state index contributed by atoms with van der Waals surface area (Å²) in [6.45, 7) is 9.22. The summed E-state index contributed by atoms with van der Waals surface area (Å²) in [6.07, 6.45) is -8.74. The maximum Gasteiger partial charge on any atom is 0.416 e. The van der Waals surface area contributed by atoms with E-state index in [4.69, 9.17) is 12.2 Å². The van der Waals surface area contributed by atoms with E-state index in [9.17, 15) is 26.3 Å². The summed E-state index contributed by atoms with van der Waals surface area (Å²) in [5.74, 6) is 0.211. The molecule has 2 fully saturated rings. The first kappa shape index (κ1) is 31.2. The van der Waals surface area contributed by atoms with Crippen molar-refractivity contribution in [2.75, 3.05) is 75.2 Å². The second-order valence-corrected chi connectivity index (χ2v) is 13.7. The second kappa shape index (κ2) is 12.8. The molecule has 0 aliphatic carbocycles. The molecule has 4 nitrogen and oxygen atoms in total. The Balaban J connectivity index is 1.21. The van der Waals surface area contributed by atoms with Crippen LogP contribution in [0.1, 0.15) is 27.5 Å². The predicted octanol–water partition coefficient (Wildman–Crippen LogP) is 7.61. The Morgan fingerprint density at radius 2 is 1.12 bits per heavy atom. The van der Waals surface area contributed by atoms with Crippen molar-refractivity contribution in [1.29, 1.82) is 0 Å². The molecule has 2 aliphatic heterocycles. The number of alkyl halides is 6. The van der Waals surface area contributed by atoms with Gasteiger partial charge in [-0.25, -0.2) is 0 Å². The van der Waals surface area contributed by atoms with E-state index in [1.165, 1.54) is 29.1 Å². The Morgan fingerprint density at radius 3 is 1.48 bits per heavy atom. The van der Waals surface area contributed by atoms with Crippen molar-refractivity contribution in [1.82, 2.24) is 9.80 Å². The second-order valence-electron chi connectivity index (χ2n) is 10.8. The summed E-state index contributed by atoms with van der Waals surface area (Å²) in [5.41, 5.74) is 1.04. The zero-order valence-electron chi connectivity index (χ0n) is 23.0. The minimum atomic E-state index is -4.37. The molecule has 3 heterocycles. The third kappa shape index (κ3) is 7.47. The maximum atomic E-state index is 13.2. The number of benzene rings is 2. The molecule has 0 radical (unpaired) electrons. The summed E-state index contributed by atoms with van der Waals surface area (Å²) < 4.78 is 80.2. The first-order valence-electron chi connectivity index (χ1n) is 13.8. The van der Waals surface area contributed by atoms with Crippen molar-refractivity contribution < 1.29 is 26.3 Å². The van der Waals surface area contributed by atoms with Crippen LogP contribution in [-0.4, -0.2) is 75.2 Å². The number of hydrogen-bond acceptors (Lipinski definition) is 7. The Labute approximate surface area is 254 Å². The third-order valence-electron chi connectivity index (χ3n) is 8.03. The van der Waals surface area contributed by atoms with Gasteiger partial charge in [-0.05, 0) is 48.9 Å². The highest BCUT2D eigenvalue weighted by Crippen LogP contribution is 2.35. The van der Waals surface area contributed by atoms with Crippen LogP contribution in [0, 0.1) is 10.7 Å². The molecule has 0 N–H and O–H groups in total. The monoisotopic (exact) mass is 646 g/mol. The van der Waals surface area contributed by atoms with Crippen molar-refractivity contribution in [3.05, 3.63) is 73.9 Å². The van der Waals surface area contributed by atoms with Gasteiger partial charge in [0.25, 0.3) is 0 Å². The predicted molar refractivity (Wildman–Crippen MR) is 161 cm³/mol. The van der Waals surface area contributed by atoms with Gasteiger partial charge in [-0.15, -0.1) is 0 Å². The number of hydrogen-bond donors (Lipinski definition) is 0. The number of rotatable bonds is 7. The van der Waals surface area contributed by atoms with Crippen LogP contribution in [0.2, 0.25) is 0 Å². The standard InChI is InChI=1S/C29H32F6N4S3/c1-20-26(41-42-27(20)40)21(18-36-8-12-38(13-9-36)24-6-2-4-22(16-24)28(30,31)32)19-37-10-14-39(15-11-37)25-7-3-5-23(17-25)29(33,34)35/h2-7,16-17,21H,8-15,18-19H2,1H3. The Hall–Kier alpha value is -2.19. The minimum Gasteiger partial charge on any atom is -0.369 e. The van der Waals surface area contributed by atoms with Crippen LogP contribution in [0.5, 0.6) is 0 Å². The van der Waals surface area contributed by atoms with Crippen molar-refractivity contribution in [3.63, 3.8) is 0 Å². The van der Waals surface area contributed by atoms with Crippen LogP contribution in [0.3, 0.4) is 0 Å². The molecule has 5 rings (SSSR count). The molecular formula is C29H32F6N4S3. The summed E-state index contributed by atoms with van der Waals surface area (Å²) >= 11 is 5.54. The molecule has 2 aliphatic rings. The molecular weight excluding hydrogens is 615 g/mol. The molecule has 0 saturated carbocycles. The van der Waals surface area contributed by atoms with Crippen LogP contribution < -0.4 is 9.80 Å². The van der Waals surface area contributed by atoms with Gasteiger partial charge in [-0.3, -0.25) is 9.80 Å². The van der Waals surface area contributed by atoms with Crippen molar-refractivity contribution in [3.8, 4) is 0 Å².